The molecule has 0 unspecified atom stereocenters. The van der Waals surface area contributed by atoms with Crippen LogP contribution in [0.2, 0.25) is 0 Å². The standard InChI is InChI=1S/C24H23N3O5/c28-20-16(19-8-5-15-3-1-2-4-18(15)25-19)6-7-17(21(20)29)22(30)26-11-13-27(14-12-26)23(31)24(32)9-10-24/h1-8,28-29,32H,9-14H2. The molecule has 164 valence electrons. The van der Waals surface area contributed by atoms with Gasteiger partial charge in [0.15, 0.2) is 11.5 Å². The molecule has 1 aromatic heterocycles. The Kier molecular flexibility index (Phi) is 4.74. The van der Waals surface area contributed by atoms with Crippen LogP contribution >= 0.6 is 0 Å². The normalized spacial score (nSPS) is 17.4. The summed E-state index contributed by atoms with van der Waals surface area (Å²) in [6.07, 6.45) is 0.965. The van der Waals surface area contributed by atoms with Gasteiger partial charge in [0, 0.05) is 37.1 Å². The average Bonchev–Trinajstić information content (AvgIpc) is 3.58. The van der Waals surface area contributed by atoms with Crippen molar-refractivity contribution in [3.63, 3.8) is 0 Å². The molecule has 0 radical (unpaired) electrons. The lowest BCUT2D eigenvalue weighted by atomic mass is 10.0. The number of para-hydroxylation sites is 1. The predicted octanol–water partition coefficient (Wildman–Crippen LogP) is 2.12. The Bertz CT molecular complexity index is 1230. The van der Waals surface area contributed by atoms with Crippen LogP contribution in [0.5, 0.6) is 11.5 Å². The van der Waals surface area contributed by atoms with E-state index in [9.17, 15) is 24.9 Å². The van der Waals surface area contributed by atoms with Crippen molar-refractivity contribution < 1.29 is 24.9 Å². The minimum atomic E-state index is -1.22. The van der Waals surface area contributed by atoms with E-state index in [0.29, 0.717) is 37.2 Å². The number of phenolic OH excluding ortho intramolecular Hbond substituents is 2. The van der Waals surface area contributed by atoms with Crippen LogP contribution in [0, 0.1) is 0 Å². The third kappa shape index (κ3) is 3.42. The molecular formula is C24H23N3O5. The van der Waals surface area contributed by atoms with Gasteiger partial charge in [0.1, 0.15) is 5.60 Å². The lowest BCUT2D eigenvalue weighted by Gasteiger charge is -2.35. The molecule has 0 atom stereocenters. The van der Waals surface area contributed by atoms with E-state index in [1.165, 1.54) is 11.0 Å². The quantitative estimate of drug-likeness (QED) is 0.545. The fourth-order valence-electron chi connectivity index (χ4n) is 4.08. The van der Waals surface area contributed by atoms with E-state index in [4.69, 9.17) is 0 Å². The number of benzene rings is 2. The smallest absolute Gasteiger partial charge is 0.257 e. The molecule has 2 fully saturated rings. The monoisotopic (exact) mass is 433 g/mol. The summed E-state index contributed by atoms with van der Waals surface area (Å²) in [4.78, 5) is 32.9. The summed E-state index contributed by atoms with van der Waals surface area (Å²) in [5, 5.41) is 32.2. The second kappa shape index (κ2) is 7.49. The van der Waals surface area contributed by atoms with Gasteiger partial charge in [0.2, 0.25) is 0 Å². The molecule has 2 aliphatic rings. The van der Waals surface area contributed by atoms with Crippen molar-refractivity contribution in [1.82, 2.24) is 14.8 Å². The Hall–Kier alpha value is -3.65. The number of hydrogen-bond acceptors (Lipinski definition) is 6. The van der Waals surface area contributed by atoms with E-state index in [2.05, 4.69) is 4.98 Å². The molecule has 2 aromatic carbocycles. The van der Waals surface area contributed by atoms with E-state index < -0.39 is 23.0 Å². The maximum atomic E-state index is 13.0. The number of phenols is 2. The topological polar surface area (TPSA) is 114 Å². The number of piperazine rings is 1. The molecule has 1 aliphatic carbocycles. The van der Waals surface area contributed by atoms with E-state index in [1.807, 2.05) is 30.3 Å². The number of hydrogen-bond donors (Lipinski definition) is 3. The lowest BCUT2D eigenvalue weighted by molar-refractivity contribution is -0.143. The maximum absolute atomic E-state index is 13.0. The second-order valence-corrected chi connectivity index (χ2v) is 8.36. The van der Waals surface area contributed by atoms with Crippen LogP contribution in [-0.4, -0.2) is 73.7 Å². The summed E-state index contributed by atoms with van der Waals surface area (Å²) >= 11 is 0. The molecule has 5 rings (SSSR count). The van der Waals surface area contributed by atoms with Crippen molar-refractivity contribution in [3.05, 3.63) is 54.1 Å². The predicted molar refractivity (Wildman–Crippen MR) is 117 cm³/mol. The second-order valence-electron chi connectivity index (χ2n) is 8.36. The van der Waals surface area contributed by atoms with E-state index >= 15 is 0 Å². The summed E-state index contributed by atoms with van der Waals surface area (Å²) in [5.41, 5.74) is 0.349. The highest BCUT2D eigenvalue weighted by atomic mass is 16.3. The first-order valence-electron chi connectivity index (χ1n) is 10.6. The number of aromatic hydroxyl groups is 2. The SMILES string of the molecule is O=C(c1ccc(-c2ccc3ccccc3n2)c(O)c1O)N1CCN(C(=O)C2(O)CC2)CC1. The van der Waals surface area contributed by atoms with Crippen LogP contribution in [0.3, 0.4) is 0 Å². The summed E-state index contributed by atoms with van der Waals surface area (Å²) in [6, 6.07) is 14.3. The summed E-state index contributed by atoms with van der Waals surface area (Å²) in [7, 11) is 0. The van der Waals surface area contributed by atoms with Gasteiger partial charge < -0.3 is 25.1 Å². The maximum Gasteiger partial charge on any atom is 0.257 e. The molecule has 2 heterocycles. The van der Waals surface area contributed by atoms with Gasteiger partial charge in [-0.25, -0.2) is 4.98 Å². The zero-order valence-electron chi connectivity index (χ0n) is 17.4. The van der Waals surface area contributed by atoms with Crippen molar-refractivity contribution >= 4 is 22.7 Å². The molecule has 0 spiro atoms. The lowest BCUT2D eigenvalue weighted by Crippen LogP contribution is -2.53. The molecule has 3 aromatic rings. The van der Waals surface area contributed by atoms with Crippen LogP contribution in [-0.2, 0) is 4.79 Å². The number of nitrogens with zero attached hydrogens (tertiary/aromatic N) is 3. The van der Waals surface area contributed by atoms with Crippen LogP contribution in [0.15, 0.2) is 48.5 Å². The first-order valence-corrected chi connectivity index (χ1v) is 10.6. The average molecular weight is 433 g/mol. The zero-order chi connectivity index (χ0) is 22.5. The van der Waals surface area contributed by atoms with Gasteiger partial charge in [-0.3, -0.25) is 9.59 Å². The van der Waals surface area contributed by atoms with Gasteiger partial charge in [-0.15, -0.1) is 0 Å². The molecule has 32 heavy (non-hydrogen) atoms. The Labute approximate surface area is 184 Å². The van der Waals surface area contributed by atoms with E-state index in [1.54, 1.807) is 17.0 Å². The minimum absolute atomic E-state index is 0.00682. The highest BCUT2D eigenvalue weighted by Gasteiger charge is 2.50. The molecular weight excluding hydrogens is 410 g/mol. The number of rotatable bonds is 3. The Morgan fingerprint density at radius 1 is 0.844 bits per heavy atom. The fourth-order valence-corrected chi connectivity index (χ4v) is 4.08. The van der Waals surface area contributed by atoms with Gasteiger partial charge >= 0.3 is 0 Å². The summed E-state index contributed by atoms with van der Waals surface area (Å²) < 4.78 is 0. The Morgan fingerprint density at radius 2 is 1.53 bits per heavy atom. The first-order chi connectivity index (χ1) is 15.4. The van der Waals surface area contributed by atoms with Gasteiger partial charge in [0.25, 0.3) is 11.8 Å². The third-order valence-corrected chi connectivity index (χ3v) is 6.23. The molecule has 1 saturated carbocycles. The van der Waals surface area contributed by atoms with Gasteiger partial charge in [-0.2, -0.15) is 0 Å². The minimum Gasteiger partial charge on any atom is -0.504 e. The third-order valence-electron chi connectivity index (χ3n) is 6.23. The number of fused-ring (bicyclic) bond motifs is 1. The number of aliphatic hydroxyl groups is 1. The molecule has 1 aliphatic heterocycles. The molecule has 8 heteroatoms. The molecule has 1 saturated heterocycles. The number of pyridine rings is 1. The summed E-state index contributed by atoms with van der Waals surface area (Å²) in [5.74, 6) is -1.60. The van der Waals surface area contributed by atoms with Crippen molar-refractivity contribution in [2.75, 3.05) is 26.2 Å². The van der Waals surface area contributed by atoms with Crippen LogP contribution < -0.4 is 0 Å². The number of carbonyl (C=O) groups is 2. The van der Waals surface area contributed by atoms with Crippen molar-refractivity contribution in [2.45, 2.75) is 18.4 Å². The van der Waals surface area contributed by atoms with Crippen LogP contribution in [0.4, 0.5) is 0 Å². The molecule has 8 nitrogen and oxygen atoms in total. The van der Waals surface area contributed by atoms with Crippen LogP contribution in [0.25, 0.3) is 22.2 Å². The van der Waals surface area contributed by atoms with E-state index in [0.717, 1.165) is 10.9 Å². The van der Waals surface area contributed by atoms with Crippen LogP contribution in [0.1, 0.15) is 23.2 Å². The van der Waals surface area contributed by atoms with E-state index in [-0.39, 0.29) is 24.6 Å². The van der Waals surface area contributed by atoms with Gasteiger partial charge in [0.05, 0.1) is 16.8 Å². The number of carbonyl (C=O) groups excluding carboxylic acids is 2. The summed E-state index contributed by atoms with van der Waals surface area (Å²) in [6.45, 7) is 1.21. The highest BCUT2D eigenvalue weighted by molar-refractivity contribution is 5.99. The highest BCUT2D eigenvalue weighted by Crippen LogP contribution is 2.40. The van der Waals surface area contributed by atoms with Crippen molar-refractivity contribution in [1.29, 1.82) is 0 Å². The number of aromatic nitrogens is 1. The molecule has 2 amide bonds. The Morgan fingerprint density at radius 3 is 2.25 bits per heavy atom. The van der Waals surface area contributed by atoms with Gasteiger partial charge in [-0.1, -0.05) is 24.3 Å². The molecule has 3 N–H and O–H groups in total. The zero-order valence-corrected chi connectivity index (χ0v) is 17.4. The van der Waals surface area contributed by atoms with Crippen molar-refractivity contribution in [2.24, 2.45) is 0 Å². The first kappa shape index (κ1) is 20.3. The van der Waals surface area contributed by atoms with Gasteiger partial charge in [-0.05, 0) is 37.1 Å². The van der Waals surface area contributed by atoms with Crippen molar-refractivity contribution in [3.8, 4) is 22.8 Å². The Balaban J connectivity index is 1.35. The number of amides is 2. The fraction of sp³-hybridized carbons (Fsp3) is 0.292. The largest absolute Gasteiger partial charge is 0.504 e. The molecule has 0 bridgehead atoms.